The molecule has 0 saturated carbocycles. The summed E-state index contributed by atoms with van der Waals surface area (Å²) in [7, 11) is 0. The highest BCUT2D eigenvalue weighted by Crippen LogP contribution is 2.20. The Morgan fingerprint density at radius 2 is 1.28 bits per heavy atom. The van der Waals surface area contributed by atoms with E-state index in [1.807, 2.05) is 24.3 Å². The van der Waals surface area contributed by atoms with Gasteiger partial charge in [-0.1, -0.05) is 114 Å². The lowest BCUT2D eigenvalue weighted by Gasteiger charge is -2.03. The molecule has 0 amide bonds. The van der Waals surface area contributed by atoms with Gasteiger partial charge < -0.3 is 5.41 Å². The highest BCUT2D eigenvalue weighted by atomic mass is 14.9. The van der Waals surface area contributed by atoms with Crippen molar-refractivity contribution in [2.24, 2.45) is 0 Å². The molecule has 0 N–H and O–H groups in total. The molecule has 4 rings (SSSR count). The van der Waals surface area contributed by atoms with Crippen molar-refractivity contribution in [3.05, 3.63) is 89.6 Å². The summed E-state index contributed by atoms with van der Waals surface area (Å²) in [4.78, 5) is 4.18. The van der Waals surface area contributed by atoms with Crippen molar-refractivity contribution < 1.29 is 4.57 Å². The number of pyridine rings is 2. The standard InChI is InChI=1S/C25H40N.C13H5N4/c1-2-3-4-5-6-7-8-9-10-11-12-13-14-17-22-26-23-18-20-24-19-15-16-21-25(24)26;14-6-10-5-9-3-1-2-4-12(9)17-13(10)11(7-15)8-16/h15-16,18-21,23H,2-14,17,22H2,1H3;1-5H/q+1;-1. The zero-order valence-electron chi connectivity index (χ0n) is 25.8. The van der Waals surface area contributed by atoms with Gasteiger partial charge in [0.15, 0.2) is 6.20 Å². The Hall–Kier alpha value is -4.31. The predicted octanol–water partition coefficient (Wildman–Crippen LogP) is 9.86. The second-order valence-corrected chi connectivity index (χ2v) is 11.1. The lowest BCUT2D eigenvalue weighted by molar-refractivity contribution is -0.671. The van der Waals surface area contributed by atoms with Gasteiger partial charge >= 0.3 is 0 Å². The second-order valence-electron chi connectivity index (χ2n) is 11.1. The summed E-state index contributed by atoms with van der Waals surface area (Å²) in [5.74, 6) is 1.75. The minimum absolute atomic E-state index is 0.146. The minimum atomic E-state index is -0.146. The number of para-hydroxylation sites is 2. The van der Waals surface area contributed by atoms with Crippen LogP contribution in [0.2, 0.25) is 0 Å². The number of rotatable bonds is 16. The SMILES string of the molecule is CCCCCCCCCCCCCCCC[n+]1cccc2ccccc21.N#CC(=C=[N-])c1nc2ccccc2cc1C#N. The van der Waals surface area contributed by atoms with Gasteiger partial charge in [-0.05, 0) is 30.7 Å². The van der Waals surface area contributed by atoms with Crippen LogP contribution in [0.5, 0.6) is 0 Å². The first kappa shape index (κ1) is 33.2. The molecule has 0 bridgehead atoms. The molecule has 0 atom stereocenters. The average Bonchev–Trinajstić information content (AvgIpc) is 3.05. The number of benzene rings is 2. The monoisotopic (exact) mass is 571 g/mol. The van der Waals surface area contributed by atoms with Crippen LogP contribution in [0.25, 0.3) is 32.8 Å². The molecule has 222 valence electrons. The quantitative estimate of drug-likeness (QED) is 0.0580. The van der Waals surface area contributed by atoms with E-state index in [9.17, 15) is 0 Å². The molecule has 2 aromatic heterocycles. The maximum atomic E-state index is 9.00. The first-order valence-corrected chi connectivity index (χ1v) is 16.1. The van der Waals surface area contributed by atoms with E-state index >= 15 is 0 Å². The zero-order valence-corrected chi connectivity index (χ0v) is 25.8. The van der Waals surface area contributed by atoms with E-state index in [4.69, 9.17) is 15.9 Å². The number of nitrogens with zero attached hydrogens (tertiary/aromatic N) is 5. The third-order valence-corrected chi connectivity index (χ3v) is 7.85. The van der Waals surface area contributed by atoms with E-state index in [1.54, 1.807) is 24.1 Å². The van der Waals surface area contributed by atoms with Crippen LogP contribution in [0.4, 0.5) is 0 Å². The van der Waals surface area contributed by atoms with Crippen LogP contribution in [-0.4, -0.2) is 10.9 Å². The number of aryl methyl sites for hydroxylation is 1. The zero-order chi connectivity index (χ0) is 30.5. The third kappa shape index (κ3) is 11.1. The van der Waals surface area contributed by atoms with Crippen molar-refractivity contribution >= 4 is 33.2 Å². The van der Waals surface area contributed by atoms with Crippen molar-refractivity contribution in [1.29, 1.82) is 10.5 Å². The normalized spacial score (nSPS) is 10.4. The van der Waals surface area contributed by atoms with Gasteiger partial charge in [0.25, 0.3) is 0 Å². The summed E-state index contributed by atoms with van der Waals surface area (Å²) >= 11 is 0. The number of fused-ring (bicyclic) bond motifs is 2. The molecule has 5 nitrogen and oxygen atoms in total. The molecule has 0 unspecified atom stereocenters. The molecule has 43 heavy (non-hydrogen) atoms. The highest BCUT2D eigenvalue weighted by molar-refractivity contribution is 6.00. The number of aromatic nitrogens is 2. The van der Waals surface area contributed by atoms with E-state index in [-0.39, 0.29) is 16.8 Å². The van der Waals surface area contributed by atoms with Crippen molar-refractivity contribution in [2.45, 2.75) is 103 Å². The summed E-state index contributed by atoms with van der Waals surface area (Å²) < 4.78 is 2.41. The Morgan fingerprint density at radius 3 is 1.88 bits per heavy atom. The maximum Gasteiger partial charge on any atom is 0.212 e. The molecule has 0 aliphatic heterocycles. The van der Waals surface area contributed by atoms with Crippen LogP contribution >= 0.6 is 0 Å². The average molecular weight is 572 g/mol. The molecule has 0 saturated heterocycles. The van der Waals surface area contributed by atoms with Crippen LogP contribution in [0.15, 0.2) is 72.9 Å². The molecule has 0 radical (unpaired) electrons. The van der Waals surface area contributed by atoms with E-state index in [0.717, 1.165) is 11.9 Å². The fraction of sp³-hybridized carbons (Fsp3) is 0.421. The molecule has 2 aromatic carbocycles. The fourth-order valence-electron chi connectivity index (χ4n) is 5.42. The predicted molar refractivity (Wildman–Crippen MR) is 178 cm³/mol. The summed E-state index contributed by atoms with van der Waals surface area (Å²) in [6.07, 6.45) is 22.2. The molecule has 0 aliphatic carbocycles. The van der Waals surface area contributed by atoms with Crippen molar-refractivity contribution in [3.63, 3.8) is 0 Å². The molecular formula is C38H45N5. The van der Waals surface area contributed by atoms with E-state index < -0.39 is 0 Å². The lowest BCUT2D eigenvalue weighted by atomic mass is 10.0. The Morgan fingerprint density at radius 1 is 0.721 bits per heavy atom. The van der Waals surface area contributed by atoms with Crippen LogP contribution in [0, 0.1) is 22.7 Å². The number of unbranched alkanes of at least 4 members (excludes halogenated alkanes) is 13. The van der Waals surface area contributed by atoms with Crippen LogP contribution in [0.3, 0.4) is 0 Å². The van der Waals surface area contributed by atoms with Gasteiger partial charge in [0.05, 0.1) is 16.7 Å². The van der Waals surface area contributed by atoms with E-state index in [1.165, 1.54) is 101 Å². The Labute approximate surface area is 258 Å². The number of hydrogen-bond donors (Lipinski definition) is 0. The maximum absolute atomic E-state index is 9.00. The fourth-order valence-corrected chi connectivity index (χ4v) is 5.42. The summed E-state index contributed by atoms with van der Waals surface area (Å²) in [5.41, 5.74) is 2.26. The largest absolute Gasteiger partial charge is 0.762 e. The highest BCUT2D eigenvalue weighted by Gasteiger charge is 2.10. The van der Waals surface area contributed by atoms with Crippen molar-refractivity contribution in [2.75, 3.05) is 0 Å². The molecular weight excluding hydrogens is 526 g/mol. The van der Waals surface area contributed by atoms with Crippen LogP contribution in [0.1, 0.15) is 108 Å². The molecule has 2 heterocycles. The van der Waals surface area contributed by atoms with Crippen LogP contribution < -0.4 is 4.57 Å². The van der Waals surface area contributed by atoms with Gasteiger partial charge in [-0.15, -0.1) is 0 Å². The Bertz CT molecular complexity index is 1550. The molecule has 0 fully saturated rings. The van der Waals surface area contributed by atoms with E-state index in [0.29, 0.717) is 5.52 Å². The Kier molecular flexibility index (Phi) is 15.2. The van der Waals surface area contributed by atoms with Gasteiger partial charge in [-0.3, -0.25) is 0 Å². The molecule has 0 aliphatic rings. The first-order valence-electron chi connectivity index (χ1n) is 16.1. The summed E-state index contributed by atoms with van der Waals surface area (Å²) in [6, 6.07) is 25.7. The molecule has 0 spiro atoms. The smallest absolute Gasteiger partial charge is 0.212 e. The summed E-state index contributed by atoms with van der Waals surface area (Å²) in [6.45, 7) is 3.45. The lowest BCUT2D eigenvalue weighted by Crippen LogP contribution is -2.33. The number of nitriles is 2. The second kappa shape index (κ2) is 19.7. The van der Waals surface area contributed by atoms with E-state index in [2.05, 4.69) is 59.1 Å². The van der Waals surface area contributed by atoms with Gasteiger partial charge in [0.2, 0.25) is 5.52 Å². The first-order chi connectivity index (χ1) is 21.2. The Balaban J connectivity index is 0.000000257. The van der Waals surface area contributed by atoms with Gasteiger partial charge in [-0.2, -0.15) is 15.1 Å². The number of hydrogen-bond acceptors (Lipinski definition) is 3. The van der Waals surface area contributed by atoms with Gasteiger partial charge in [-0.25, -0.2) is 10.9 Å². The van der Waals surface area contributed by atoms with Gasteiger partial charge in [0, 0.05) is 29.3 Å². The molecule has 4 aromatic rings. The van der Waals surface area contributed by atoms with Gasteiger partial charge in [0.1, 0.15) is 24.4 Å². The topological polar surface area (TPSA) is 86.7 Å². The number of allylic oxidation sites excluding steroid dienone is 1. The van der Waals surface area contributed by atoms with Crippen molar-refractivity contribution in [3.8, 4) is 12.1 Å². The molecule has 5 heteroatoms. The van der Waals surface area contributed by atoms with Crippen molar-refractivity contribution in [1.82, 2.24) is 4.98 Å². The summed E-state index contributed by atoms with van der Waals surface area (Å²) in [5, 5.41) is 28.8. The van der Waals surface area contributed by atoms with Crippen LogP contribution in [-0.2, 0) is 6.54 Å². The minimum Gasteiger partial charge on any atom is -0.762 e. The third-order valence-electron chi connectivity index (χ3n) is 7.85.